The van der Waals surface area contributed by atoms with Crippen LogP contribution in [-0.2, 0) is 9.53 Å². The third kappa shape index (κ3) is 4.37. The molecule has 1 fully saturated rings. The Hall–Kier alpha value is -2.83. The van der Waals surface area contributed by atoms with Gasteiger partial charge < -0.3 is 25.4 Å². The molecule has 1 amide bonds. The Morgan fingerprint density at radius 3 is 2.48 bits per heavy atom. The Balaban J connectivity index is 1.98. The molecule has 4 N–H and O–H groups in total. The zero-order valence-corrected chi connectivity index (χ0v) is 17.4. The van der Waals surface area contributed by atoms with Gasteiger partial charge in [0.1, 0.15) is 12.2 Å². The van der Waals surface area contributed by atoms with Crippen molar-refractivity contribution >= 4 is 11.6 Å². The monoisotopic (exact) mass is 476 g/mol. The summed E-state index contributed by atoms with van der Waals surface area (Å²) in [6.45, 7) is 1.28. The van der Waals surface area contributed by atoms with Crippen molar-refractivity contribution in [1.82, 2.24) is 4.98 Å². The highest BCUT2D eigenvalue weighted by Crippen LogP contribution is 2.54. The van der Waals surface area contributed by atoms with E-state index in [-0.39, 0.29) is 11.4 Å². The molecule has 180 valence electrons. The number of nitrogens with one attached hydrogen (secondary N) is 1. The van der Waals surface area contributed by atoms with E-state index in [0.29, 0.717) is 6.07 Å². The molecule has 1 saturated heterocycles. The molecule has 3 rings (SSSR count). The number of carbonyl (C=O) groups is 1. The molecule has 1 aliphatic rings. The summed E-state index contributed by atoms with van der Waals surface area (Å²) in [5.41, 5.74) is -3.10. The number of ether oxygens (including phenoxy) is 1. The maximum Gasteiger partial charge on any atom is 0.417 e. The van der Waals surface area contributed by atoms with Gasteiger partial charge in [-0.1, -0.05) is 13.0 Å². The van der Waals surface area contributed by atoms with Crippen molar-refractivity contribution in [1.29, 1.82) is 0 Å². The maximum absolute atomic E-state index is 14.0. The van der Waals surface area contributed by atoms with Crippen LogP contribution in [0.25, 0.3) is 0 Å². The number of rotatable bonds is 5. The lowest BCUT2D eigenvalue weighted by Gasteiger charge is -2.31. The lowest BCUT2D eigenvalue weighted by molar-refractivity contribution is -0.272. The van der Waals surface area contributed by atoms with Crippen LogP contribution < -0.4 is 5.32 Å². The van der Waals surface area contributed by atoms with Gasteiger partial charge >= 0.3 is 6.18 Å². The van der Waals surface area contributed by atoms with E-state index in [1.807, 2.05) is 0 Å². The fourth-order valence-electron chi connectivity index (χ4n) is 3.83. The molecule has 0 bridgehead atoms. The number of phenols is 1. The molecular formula is C21H21F5N2O5. The van der Waals surface area contributed by atoms with Crippen molar-refractivity contribution < 1.29 is 46.8 Å². The number of aromatic nitrogens is 1. The standard InChI is InChI=1S/C21H21F5N2O5/c1-9-15(11-4-5-12(22)16(23)17(11)31)18(33-20(9,2)21(24,25)26)19(32)28-10-3-6-13(27-7-10)14(30)8-29/h3-7,9,14-15,18,29-31H,8H2,1-2H3,(H,28,32)/t9-,14-,15-,18+,20+/m0/s1. The van der Waals surface area contributed by atoms with Crippen LogP contribution in [0.5, 0.6) is 5.75 Å². The number of pyridine rings is 1. The number of nitrogens with zero attached hydrogens (tertiary/aromatic N) is 1. The number of benzene rings is 1. The number of amides is 1. The van der Waals surface area contributed by atoms with Crippen molar-refractivity contribution in [2.75, 3.05) is 11.9 Å². The second-order valence-electron chi connectivity index (χ2n) is 7.92. The van der Waals surface area contributed by atoms with Crippen LogP contribution in [0.15, 0.2) is 30.5 Å². The second-order valence-corrected chi connectivity index (χ2v) is 7.92. The fourth-order valence-corrected chi connectivity index (χ4v) is 3.83. The lowest BCUT2D eigenvalue weighted by Crippen LogP contribution is -2.47. The molecule has 0 saturated carbocycles. The predicted octanol–water partition coefficient (Wildman–Crippen LogP) is 3.17. The first-order chi connectivity index (χ1) is 15.3. The molecule has 2 heterocycles. The summed E-state index contributed by atoms with van der Waals surface area (Å²) in [7, 11) is 0. The third-order valence-corrected chi connectivity index (χ3v) is 5.95. The van der Waals surface area contributed by atoms with Gasteiger partial charge in [0.25, 0.3) is 5.91 Å². The molecule has 33 heavy (non-hydrogen) atoms. The highest BCUT2D eigenvalue weighted by atomic mass is 19.4. The summed E-state index contributed by atoms with van der Waals surface area (Å²) in [6.07, 6.45) is -6.90. The molecule has 1 aliphatic heterocycles. The average molecular weight is 476 g/mol. The molecule has 0 radical (unpaired) electrons. The molecule has 1 aromatic heterocycles. The summed E-state index contributed by atoms with van der Waals surface area (Å²) < 4.78 is 74.1. The summed E-state index contributed by atoms with van der Waals surface area (Å²) in [5, 5.41) is 30.9. The minimum Gasteiger partial charge on any atom is -0.505 e. The quantitative estimate of drug-likeness (QED) is 0.494. The van der Waals surface area contributed by atoms with E-state index in [1.165, 1.54) is 12.1 Å². The van der Waals surface area contributed by atoms with E-state index < -0.39 is 71.3 Å². The molecule has 7 nitrogen and oxygen atoms in total. The van der Waals surface area contributed by atoms with Crippen LogP contribution in [0.2, 0.25) is 0 Å². The molecular weight excluding hydrogens is 455 g/mol. The van der Waals surface area contributed by atoms with E-state index in [0.717, 1.165) is 26.1 Å². The van der Waals surface area contributed by atoms with Gasteiger partial charge in [-0.3, -0.25) is 9.78 Å². The van der Waals surface area contributed by atoms with Gasteiger partial charge in [0, 0.05) is 17.4 Å². The smallest absolute Gasteiger partial charge is 0.417 e. The van der Waals surface area contributed by atoms with Gasteiger partial charge in [-0.05, 0) is 25.1 Å². The van der Waals surface area contributed by atoms with Crippen LogP contribution in [0.1, 0.15) is 37.1 Å². The summed E-state index contributed by atoms with van der Waals surface area (Å²) in [6, 6.07) is 4.13. The average Bonchev–Trinajstić information content (AvgIpc) is 3.04. The maximum atomic E-state index is 14.0. The zero-order valence-electron chi connectivity index (χ0n) is 17.4. The molecule has 0 unspecified atom stereocenters. The predicted molar refractivity (Wildman–Crippen MR) is 104 cm³/mol. The van der Waals surface area contributed by atoms with Crippen LogP contribution in [0.4, 0.5) is 27.6 Å². The van der Waals surface area contributed by atoms with E-state index in [2.05, 4.69) is 10.3 Å². The van der Waals surface area contributed by atoms with E-state index in [4.69, 9.17) is 9.84 Å². The molecule has 0 aliphatic carbocycles. The Morgan fingerprint density at radius 1 is 1.27 bits per heavy atom. The largest absolute Gasteiger partial charge is 0.505 e. The number of hydrogen-bond acceptors (Lipinski definition) is 6. The Labute approximate surface area is 184 Å². The van der Waals surface area contributed by atoms with Crippen molar-refractivity contribution in [3.8, 4) is 5.75 Å². The zero-order chi connectivity index (χ0) is 24.7. The minimum absolute atomic E-state index is 0.0408. The highest BCUT2D eigenvalue weighted by Gasteiger charge is 2.65. The second kappa shape index (κ2) is 8.84. The van der Waals surface area contributed by atoms with E-state index >= 15 is 0 Å². The third-order valence-electron chi connectivity index (χ3n) is 5.95. The lowest BCUT2D eigenvalue weighted by atomic mass is 9.77. The Bertz CT molecular complexity index is 1030. The van der Waals surface area contributed by atoms with Gasteiger partial charge in [0.15, 0.2) is 17.2 Å². The van der Waals surface area contributed by atoms with Gasteiger partial charge in [0.05, 0.1) is 24.2 Å². The topological polar surface area (TPSA) is 112 Å². The number of phenolic OH excluding ortho intramolecular Hbond substituents is 1. The van der Waals surface area contributed by atoms with Gasteiger partial charge in [0.2, 0.25) is 5.82 Å². The first-order valence-electron chi connectivity index (χ1n) is 9.79. The van der Waals surface area contributed by atoms with Crippen LogP contribution in [0, 0.1) is 17.6 Å². The Morgan fingerprint density at radius 2 is 1.94 bits per heavy atom. The number of anilines is 1. The van der Waals surface area contributed by atoms with E-state index in [1.54, 1.807) is 0 Å². The van der Waals surface area contributed by atoms with Crippen molar-refractivity contribution in [3.05, 3.63) is 53.4 Å². The first-order valence-corrected chi connectivity index (χ1v) is 9.79. The normalized spacial score (nSPS) is 26.3. The number of alkyl halides is 3. The highest BCUT2D eigenvalue weighted by molar-refractivity contribution is 5.95. The van der Waals surface area contributed by atoms with Crippen LogP contribution >= 0.6 is 0 Å². The number of aliphatic hydroxyl groups is 2. The van der Waals surface area contributed by atoms with Crippen molar-refractivity contribution in [2.24, 2.45) is 5.92 Å². The molecule has 0 spiro atoms. The van der Waals surface area contributed by atoms with Gasteiger partial charge in [-0.15, -0.1) is 0 Å². The number of carbonyl (C=O) groups excluding carboxylic acids is 1. The van der Waals surface area contributed by atoms with E-state index in [9.17, 15) is 37.0 Å². The van der Waals surface area contributed by atoms with Crippen LogP contribution in [0.3, 0.4) is 0 Å². The Kier molecular flexibility index (Phi) is 6.65. The molecule has 12 heteroatoms. The van der Waals surface area contributed by atoms with Crippen molar-refractivity contribution in [3.63, 3.8) is 0 Å². The number of hydrogen-bond donors (Lipinski definition) is 4. The summed E-state index contributed by atoms with van der Waals surface area (Å²) in [4.78, 5) is 16.8. The molecule has 1 aromatic carbocycles. The van der Waals surface area contributed by atoms with Crippen LogP contribution in [-0.4, -0.2) is 50.7 Å². The van der Waals surface area contributed by atoms with Gasteiger partial charge in [-0.2, -0.15) is 17.6 Å². The summed E-state index contributed by atoms with van der Waals surface area (Å²) in [5.74, 6) is -8.25. The number of aromatic hydroxyl groups is 1. The summed E-state index contributed by atoms with van der Waals surface area (Å²) >= 11 is 0. The van der Waals surface area contributed by atoms with Crippen molar-refractivity contribution in [2.45, 2.75) is 43.8 Å². The SMILES string of the molecule is C[C@H]1[C@@H](c2ccc(F)c(F)c2O)[C@H](C(=O)Nc2ccc([C@@H](O)CO)nc2)O[C@@]1(C)C(F)(F)F. The minimum atomic E-state index is -4.92. The molecule has 5 atom stereocenters. The number of aliphatic hydroxyl groups excluding tert-OH is 2. The van der Waals surface area contributed by atoms with Gasteiger partial charge in [-0.25, -0.2) is 4.39 Å². The fraction of sp³-hybridized carbons (Fsp3) is 0.429. The number of halogens is 5. The molecule has 2 aromatic rings. The first kappa shape index (κ1) is 24.8.